The highest BCUT2D eigenvalue weighted by atomic mass is 35.5. The van der Waals surface area contributed by atoms with Crippen molar-refractivity contribution in [2.45, 2.75) is 39.2 Å². The summed E-state index contributed by atoms with van der Waals surface area (Å²) in [6.45, 7) is 5.27. The third kappa shape index (κ3) is 1.41. The molecular weight excluding hydrogens is 222 g/mol. The lowest BCUT2D eigenvalue weighted by molar-refractivity contribution is 0.548. The van der Waals surface area contributed by atoms with E-state index in [1.165, 1.54) is 24.8 Å². The van der Waals surface area contributed by atoms with Crippen molar-refractivity contribution in [1.29, 1.82) is 0 Å². The van der Waals surface area contributed by atoms with E-state index in [0.717, 1.165) is 23.8 Å². The topological polar surface area (TPSA) is 29.0 Å². The smallest absolute Gasteiger partial charge is 0.155 e. The third-order valence-electron chi connectivity index (χ3n) is 4.12. The van der Waals surface area contributed by atoms with Gasteiger partial charge in [0.25, 0.3) is 0 Å². The van der Waals surface area contributed by atoms with Crippen LogP contribution in [0.1, 0.15) is 30.4 Å². The quantitative estimate of drug-likeness (QED) is 0.752. The maximum Gasteiger partial charge on any atom is 0.155 e. The molecule has 1 saturated carbocycles. The van der Waals surface area contributed by atoms with Gasteiger partial charge in [-0.25, -0.2) is 0 Å². The van der Waals surface area contributed by atoms with E-state index < -0.39 is 0 Å². The molecule has 3 rings (SSSR count). The van der Waals surface area contributed by atoms with Crippen LogP contribution in [0.5, 0.6) is 0 Å². The maximum absolute atomic E-state index is 5.98. The van der Waals surface area contributed by atoms with Gasteiger partial charge in [0.15, 0.2) is 11.0 Å². The standard InChI is InChI=1S/C12H16ClN3/c1-7-8(2)12(15-14-11(7)13)16-6-9-3-4-10(16)5-9/h9-10H,3-6H2,1-2H3. The number of anilines is 1. The number of nitrogens with zero attached hydrogens (tertiary/aromatic N) is 3. The van der Waals surface area contributed by atoms with Crippen LogP contribution >= 0.6 is 11.6 Å². The van der Waals surface area contributed by atoms with Crippen LogP contribution in [0.15, 0.2) is 0 Å². The van der Waals surface area contributed by atoms with Crippen molar-refractivity contribution in [2.24, 2.45) is 5.92 Å². The minimum absolute atomic E-state index is 0.533. The second-order valence-electron chi connectivity index (χ2n) is 5.05. The fourth-order valence-corrected chi connectivity index (χ4v) is 3.20. The molecule has 1 aromatic rings. The second kappa shape index (κ2) is 3.59. The molecule has 2 unspecified atom stereocenters. The van der Waals surface area contributed by atoms with Crippen molar-refractivity contribution >= 4 is 17.4 Å². The SMILES string of the molecule is Cc1c(Cl)nnc(N2CC3CCC2C3)c1C. The average Bonchev–Trinajstić information content (AvgIpc) is 2.88. The molecule has 0 N–H and O–H groups in total. The first-order chi connectivity index (χ1) is 7.66. The number of halogens is 1. The summed E-state index contributed by atoms with van der Waals surface area (Å²) >= 11 is 5.98. The number of aromatic nitrogens is 2. The molecule has 16 heavy (non-hydrogen) atoms. The molecule has 0 radical (unpaired) electrons. The molecule has 1 aliphatic heterocycles. The highest BCUT2D eigenvalue weighted by molar-refractivity contribution is 6.30. The number of rotatable bonds is 1. The first-order valence-corrected chi connectivity index (χ1v) is 6.30. The highest BCUT2D eigenvalue weighted by Gasteiger charge is 2.39. The van der Waals surface area contributed by atoms with Crippen molar-refractivity contribution in [3.63, 3.8) is 0 Å². The molecule has 2 heterocycles. The molecule has 2 aliphatic rings. The summed E-state index contributed by atoms with van der Waals surface area (Å²) in [6, 6.07) is 0.693. The molecule has 2 bridgehead atoms. The van der Waals surface area contributed by atoms with E-state index >= 15 is 0 Å². The maximum atomic E-state index is 5.98. The minimum Gasteiger partial charge on any atom is -0.352 e. The summed E-state index contributed by atoms with van der Waals surface area (Å²) in [7, 11) is 0. The van der Waals surface area contributed by atoms with Crippen LogP contribution in [-0.2, 0) is 0 Å². The monoisotopic (exact) mass is 237 g/mol. The van der Waals surface area contributed by atoms with E-state index in [-0.39, 0.29) is 0 Å². The van der Waals surface area contributed by atoms with E-state index in [1.54, 1.807) is 0 Å². The van der Waals surface area contributed by atoms with E-state index in [9.17, 15) is 0 Å². The lowest BCUT2D eigenvalue weighted by Gasteiger charge is -2.29. The van der Waals surface area contributed by atoms with Gasteiger partial charge < -0.3 is 4.90 Å². The molecule has 0 spiro atoms. The van der Waals surface area contributed by atoms with Crippen molar-refractivity contribution in [3.05, 3.63) is 16.3 Å². The Labute approximate surface area is 101 Å². The first kappa shape index (κ1) is 10.3. The molecule has 1 aromatic heterocycles. The zero-order chi connectivity index (χ0) is 11.3. The molecule has 2 fully saturated rings. The highest BCUT2D eigenvalue weighted by Crippen LogP contribution is 2.40. The third-order valence-corrected chi connectivity index (χ3v) is 4.48. The fraction of sp³-hybridized carbons (Fsp3) is 0.667. The molecule has 0 amide bonds. The summed E-state index contributed by atoms with van der Waals surface area (Å²) in [5.74, 6) is 1.93. The van der Waals surface area contributed by atoms with E-state index in [0.29, 0.717) is 11.2 Å². The van der Waals surface area contributed by atoms with Crippen molar-refractivity contribution in [2.75, 3.05) is 11.4 Å². The van der Waals surface area contributed by atoms with Gasteiger partial charge in [0, 0.05) is 12.6 Å². The molecule has 3 nitrogen and oxygen atoms in total. The average molecular weight is 238 g/mol. The number of fused-ring (bicyclic) bond motifs is 2. The van der Waals surface area contributed by atoms with Crippen LogP contribution in [0.4, 0.5) is 5.82 Å². The Balaban J connectivity index is 1.98. The van der Waals surface area contributed by atoms with Crippen LogP contribution < -0.4 is 4.90 Å². The van der Waals surface area contributed by atoms with E-state index in [2.05, 4.69) is 22.0 Å². The number of piperidine rings is 1. The predicted octanol–water partition coefficient (Wildman–Crippen LogP) is 2.74. The molecule has 86 valence electrons. The van der Waals surface area contributed by atoms with Gasteiger partial charge in [-0.2, -0.15) is 0 Å². The lowest BCUT2D eigenvalue weighted by Crippen LogP contribution is -2.33. The van der Waals surface area contributed by atoms with Gasteiger partial charge >= 0.3 is 0 Å². The Morgan fingerprint density at radius 2 is 2.00 bits per heavy atom. The second-order valence-corrected chi connectivity index (χ2v) is 5.41. The van der Waals surface area contributed by atoms with Crippen LogP contribution in [0.3, 0.4) is 0 Å². The van der Waals surface area contributed by atoms with Gasteiger partial charge in [-0.15, -0.1) is 10.2 Å². The van der Waals surface area contributed by atoms with Crippen LogP contribution in [0.25, 0.3) is 0 Å². The van der Waals surface area contributed by atoms with Crippen molar-refractivity contribution < 1.29 is 0 Å². The van der Waals surface area contributed by atoms with Crippen molar-refractivity contribution in [1.82, 2.24) is 10.2 Å². The Bertz CT molecular complexity index is 433. The van der Waals surface area contributed by atoms with Gasteiger partial charge in [0.2, 0.25) is 0 Å². The predicted molar refractivity (Wildman–Crippen MR) is 65.0 cm³/mol. The Kier molecular flexibility index (Phi) is 2.32. The molecule has 4 heteroatoms. The first-order valence-electron chi connectivity index (χ1n) is 5.93. The van der Waals surface area contributed by atoms with Crippen LogP contribution in [-0.4, -0.2) is 22.8 Å². The Morgan fingerprint density at radius 3 is 2.62 bits per heavy atom. The fourth-order valence-electron chi connectivity index (χ4n) is 3.02. The van der Waals surface area contributed by atoms with Gasteiger partial charge in [-0.05, 0) is 50.2 Å². The van der Waals surface area contributed by atoms with Crippen LogP contribution in [0.2, 0.25) is 5.15 Å². The largest absolute Gasteiger partial charge is 0.352 e. The van der Waals surface area contributed by atoms with Gasteiger partial charge in [-0.3, -0.25) is 0 Å². The van der Waals surface area contributed by atoms with Gasteiger partial charge in [0.1, 0.15) is 0 Å². The molecule has 1 aliphatic carbocycles. The minimum atomic E-state index is 0.533. The summed E-state index contributed by atoms with van der Waals surface area (Å²) in [5.41, 5.74) is 2.25. The summed E-state index contributed by atoms with van der Waals surface area (Å²) < 4.78 is 0. The zero-order valence-corrected chi connectivity index (χ0v) is 10.5. The molecule has 2 atom stereocenters. The molecule has 0 aromatic carbocycles. The van der Waals surface area contributed by atoms with E-state index in [4.69, 9.17) is 11.6 Å². The molecule has 1 saturated heterocycles. The normalized spacial score (nSPS) is 27.8. The zero-order valence-electron chi connectivity index (χ0n) is 9.70. The molecular formula is C12H16ClN3. The van der Waals surface area contributed by atoms with E-state index in [1.807, 2.05) is 6.92 Å². The van der Waals surface area contributed by atoms with Gasteiger partial charge in [0.05, 0.1) is 0 Å². The van der Waals surface area contributed by atoms with Gasteiger partial charge in [-0.1, -0.05) is 11.6 Å². The van der Waals surface area contributed by atoms with Crippen molar-refractivity contribution in [3.8, 4) is 0 Å². The van der Waals surface area contributed by atoms with Crippen LogP contribution in [0, 0.1) is 19.8 Å². The summed E-state index contributed by atoms with van der Waals surface area (Å²) in [5, 5.41) is 8.86. The Hall–Kier alpha value is -0.830. The lowest BCUT2D eigenvalue weighted by atomic mass is 10.1. The number of hydrogen-bond acceptors (Lipinski definition) is 3. The summed E-state index contributed by atoms with van der Waals surface area (Å²) in [4.78, 5) is 2.43. The Morgan fingerprint density at radius 1 is 1.19 bits per heavy atom. The summed E-state index contributed by atoms with van der Waals surface area (Å²) in [6.07, 6.45) is 4.04. The number of hydrogen-bond donors (Lipinski definition) is 0.